The van der Waals surface area contributed by atoms with Crippen molar-refractivity contribution in [3.63, 3.8) is 0 Å². The molecule has 3 heterocycles. The predicted octanol–water partition coefficient (Wildman–Crippen LogP) is 2.79. The average molecular weight is 615 g/mol. The maximum absolute atomic E-state index is 13.8. The summed E-state index contributed by atoms with van der Waals surface area (Å²) in [6, 6.07) is 5.95. The zero-order chi connectivity index (χ0) is 30.4. The third-order valence-corrected chi connectivity index (χ3v) is 9.24. The van der Waals surface area contributed by atoms with Gasteiger partial charge in [-0.25, -0.2) is 4.79 Å². The summed E-state index contributed by atoms with van der Waals surface area (Å²) in [6.45, 7) is 5.75. The van der Waals surface area contributed by atoms with Gasteiger partial charge in [-0.1, -0.05) is 12.1 Å². The number of aromatic hydroxyl groups is 2. The van der Waals surface area contributed by atoms with Crippen molar-refractivity contribution in [2.24, 2.45) is 0 Å². The summed E-state index contributed by atoms with van der Waals surface area (Å²) in [4.78, 5) is 50.2. The minimum atomic E-state index is -1.52. The van der Waals surface area contributed by atoms with Gasteiger partial charge in [0.2, 0.25) is 11.8 Å². The second-order valence-electron chi connectivity index (χ2n) is 10.1. The lowest BCUT2D eigenvalue weighted by molar-refractivity contribution is -0.155. The van der Waals surface area contributed by atoms with E-state index in [2.05, 4.69) is 15.3 Å². The molecule has 0 saturated carbocycles. The number of nitrogens with one attached hydrogen (secondary N) is 1. The van der Waals surface area contributed by atoms with Gasteiger partial charge in [0.1, 0.15) is 24.8 Å². The Morgan fingerprint density at radius 1 is 1.12 bits per heavy atom. The second-order valence-corrected chi connectivity index (χ2v) is 12.3. The molecule has 2 amide bonds. The average Bonchev–Trinajstić information content (AvgIpc) is 3.66. The van der Waals surface area contributed by atoms with Crippen molar-refractivity contribution >= 4 is 40.9 Å². The van der Waals surface area contributed by atoms with Gasteiger partial charge in [0.05, 0.1) is 27.0 Å². The first kappa shape index (κ1) is 31.3. The minimum Gasteiger partial charge on any atom is -0.504 e. The summed E-state index contributed by atoms with van der Waals surface area (Å²) in [5.41, 5.74) is 3.19. The number of aliphatic hydroxyl groups excluding tert-OH is 1. The summed E-state index contributed by atoms with van der Waals surface area (Å²) >= 11 is 2.89. The molecule has 0 bridgehead atoms. The smallest absolute Gasteiger partial charge is 0.329 e. The first-order valence-electron chi connectivity index (χ1n) is 13.5. The number of carbonyl (C=O) groups is 3. The number of aliphatic hydroxyl groups is 1. The van der Waals surface area contributed by atoms with Gasteiger partial charge in [0, 0.05) is 18.7 Å². The third kappa shape index (κ3) is 7.78. The number of phenolic OH excluding ortho intramolecular Hbond substituents is 2. The molecule has 1 aromatic carbocycles. The Labute approximate surface area is 252 Å². The first-order chi connectivity index (χ1) is 20.0. The summed E-state index contributed by atoms with van der Waals surface area (Å²) in [5, 5.41) is 34.4. The van der Waals surface area contributed by atoms with Crippen molar-refractivity contribution in [2.75, 3.05) is 12.3 Å². The molecular formula is C29H34N4O7S2. The van der Waals surface area contributed by atoms with Gasteiger partial charge in [-0.05, 0) is 62.8 Å². The van der Waals surface area contributed by atoms with Crippen molar-refractivity contribution in [3.8, 4) is 11.5 Å². The molecule has 1 saturated heterocycles. The molecule has 42 heavy (non-hydrogen) atoms. The quantitative estimate of drug-likeness (QED) is 0.144. The number of aromatic nitrogens is 2. The van der Waals surface area contributed by atoms with E-state index in [9.17, 15) is 29.7 Å². The molecule has 11 nitrogen and oxygen atoms in total. The fourth-order valence-electron chi connectivity index (χ4n) is 4.57. The molecule has 1 fully saturated rings. The number of esters is 1. The molecule has 2 aromatic heterocycles. The normalized spacial score (nSPS) is 16.2. The fraction of sp³-hybridized carbons (Fsp3) is 0.414. The molecule has 3 atom stereocenters. The van der Waals surface area contributed by atoms with Crippen LogP contribution in [-0.4, -0.2) is 78.5 Å². The number of aryl methyl sites for hydroxylation is 3. The van der Waals surface area contributed by atoms with Crippen LogP contribution in [0.25, 0.3) is 0 Å². The topological polar surface area (TPSA) is 162 Å². The molecule has 0 spiro atoms. The highest BCUT2D eigenvalue weighted by Gasteiger charge is 2.39. The van der Waals surface area contributed by atoms with Crippen molar-refractivity contribution in [3.05, 3.63) is 64.1 Å². The summed E-state index contributed by atoms with van der Waals surface area (Å²) in [6.07, 6.45) is -0.635. The molecule has 1 aliphatic rings. The summed E-state index contributed by atoms with van der Waals surface area (Å²) < 4.78 is 6.51. The Hall–Kier alpha value is -3.68. The van der Waals surface area contributed by atoms with Crippen molar-refractivity contribution in [1.82, 2.24) is 20.2 Å². The van der Waals surface area contributed by atoms with E-state index in [1.165, 1.54) is 46.2 Å². The Morgan fingerprint density at radius 3 is 2.60 bits per heavy atom. The number of thiophene rings is 1. The Balaban J connectivity index is 1.44. The summed E-state index contributed by atoms with van der Waals surface area (Å²) in [7, 11) is 0. The molecule has 3 unspecified atom stereocenters. The predicted molar refractivity (Wildman–Crippen MR) is 157 cm³/mol. The zero-order valence-corrected chi connectivity index (χ0v) is 25.2. The van der Waals surface area contributed by atoms with Crippen molar-refractivity contribution in [2.45, 2.75) is 69.0 Å². The Bertz CT molecular complexity index is 1430. The first-order valence-corrected chi connectivity index (χ1v) is 15.3. The van der Waals surface area contributed by atoms with E-state index in [1.54, 1.807) is 6.92 Å². The highest BCUT2D eigenvalue weighted by atomic mass is 32.2. The summed E-state index contributed by atoms with van der Waals surface area (Å²) in [5.74, 6) is -2.26. The number of benzene rings is 1. The molecule has 4 rings (SSSR count). The standard InChI is InChI=1S/C29H34N4O7S2/c1-16-17(2)31-20(18(3)30-16)14-40-29(39)22-6-4-10-33(22)28(38)21(15-42-26-7-5-11-41-26)32-27(37)25(36)13-19-8-9-23(34)24(35)12-19/h5,7-9,11-12,21-22,25,34-36H,4,6,10,13-15H2,1-3H3,(H,32,37). The maximum atomic E-state index is 13.8. The third-order valence-electron chi connectivity index (χ3n) is 7.01. The molecule has 224 valence electrons. The Morgan fingerprint density at radius 2 is 1.88 bits per heavy atom. The number of hydrogen-bond acceptors (Lipinski definition) is 11. The number of carbonyl (C=O) groups excluding carboxylic acids is 3. The van der Waals surface area contributed by atoms with Crippen LogP contribution in [0.5, 0.6) is 11.5 Å². The number of likely N-dealkylation sites (tertiary alicyclic amines) is 1. The van der Waals surface area contributed by atoms with Gasteiger partial charge in [-0.3, -0.25) is 19.6 Å². The van der Waals surface area contributed by atoms with Crippen LogP contribution in [0.4, 0.5) is 0 Å². The lowest BCUT2D eigenvalue weighted by Crippen LogP contribution is -2.54. The van der Waals surface area contributed by atoms with Crippen LogP contribution in [0.1, 0.15) is 41.2 Å². The number of phenols is 2. The lowest BCUT2D eigenvalue weighted by Gasteiger charge is -2.28. The molecule has 0 radical (unpaired) electrons. The van der Waals surface area contributed by atoms with Crippen LogP contribution in [0, 0.1) is 20.8 Å². The van der Waals surface area contributed by atoms with Gasteiger partial charge in [-0.2, -0.15) is 0 Å². The molecule has 4 N–H and O–H groups in total. The number of rotatable bonds is 11. The van der Waals surface area contributed by atoms with Crippen LogP contribution in [0.15, 0.2) is 39.9 Å². The van der Waals surface area contributed by atoms with E-state index in [1.807, 2.05) is 31.4 Å². The monoisotopic (exact) mass is 614 g/mol. The van der Waals surface area contributed by atoms with Crippen molar-refractivity contribution in [1.29, 1.82) is 0 Å². The number of thioether (sulfide) groups is 1. The highest BCUT2D eigenvalue weighted by Crippen LogP contribution is 2.27. The van der Waals surface area contributed by atoms with E-state index in [4.69, 9.17) is 4.74 Å². The number of nitrogens with zero attached hydrogens (tertiary/aromatic N) is 3. The van der Waals surface area contributed by atoms with Gasteiger partial charge in [-0.15, -0.1) is 23.1 Å². The van der Waals surface area contributed by atoms with Gasteiger partial charge < -0.3 is 30.3 Å². The van der Waals surface area contributed by atoms with Crippen LogP contribution in [0.2, 0.25) is 0 Å². The molecule has 3 aromatic rings. The van der Waals surface area contributed by atoms with Gasteiger partial charge in [0.25, 0.3) is 0 Å². The minimum absolute atomic E-state index is 0.0648. The Kier molecular flexibility index (Phi) is 10.4. The van der Waals surface area contributed by atoms with Crippen LogP contribution < -0.4 is 5.32 Å². The van der Waals surface area contributed by atoms with Crippen LogP contribution in [0.3, 0.4) is 0 Å². The number of hydrogen-bond donors (Lipinski definition) is 4. The van der Waals surface area contributed by atoms with E-state index >= 15 is 0 Å². The molecule has 1 aliphatic heterocycles. The maximum Gasteiger partial charge on any atom is 0.329 e. The molecule has 13 heteroatoms. The van der Waals surface area contributed by atoms with Crippen LogP contribution in [-0.2, 0) is 32.1 Å². The van der Waals surface area contributed by atoms with E-state index in [-0.39, 0.29) is 30.3 Å². The fourth-order valence-corrected chi connectivity index (χ4v) is 6.40. The highest BCUT2D eigenvalue weighted by molar-refractivity contribution is 8.01. The zero-order valence-electron chi connectivity index (χ0n) is 23.6. The largest absolute Gasteiger partial charge is 0.504 e. The van der Waals surface area contributed by atoms with Crippen LogP contribution >= 0.6 is 23.1 Å². The lowest BCUT2D eigenvalue weighted by atomic mass is 10.1. The van der Waals surface area contributed by atoms with Crippen molar-refractivity contribution < 1.29 is 34.4 Å². The number of ether oxygens (including phenoxy) is 1. The van der Waals surface area contributed by atoms with E-state index in [0.717, 1.165) is 15.6 Å². The second kappa shape index (κ2) is 14.0. The van der Waals surface area contributed by atoms with Gasteiger partial charge in [0.15, 0.2) is 11.5 Å². The van der Waals surface area contributed by atoms with E-state index in [0.29, 0.717) is 36.3 Å². The molecule has 0 aliphatic carbocycles. The SMILES string of the molecule is Cc1nc(C)c(COC(=O)C2CCCN2C(=O)C(CSc2cccs2)NC(=O)C(O)Cc2ccc(O)c(O)c2)nc1C. The molecular weight excluding hydrogens is 580 g/mol. The van der Waals surface area contributed by atoms with Gasteiger partial charge >= 0.3 is 5.97 Å². The van der Waals surface area contributed by atoms with E-state index < -0.39 is 36.0 Å². The number of amides is 2.